The monoisotopic (exact) mass is 499 g/mol. The lowest BCUT2D eigenvalue weighted by Crippen LogP contribution is -2.42. The Labute approximate surface area is 203 Å². The Bertz CT molecular complexity index is 1310. The topological polar surface area (TPSA) is 128 Å². The Hall–Kier alpha value is -4.12. The third kappa shape index (κ3) is 5.69. The van der Waals surface area contributed by atoms with Gasteiger partial charge >= 0.3 is 0 Å². The lowest BCUT2D eigenvalue weighted by atomic mass is 10.1. The smallest absolute Gasteiger partial charge is 0.289 e. The summed E-state index contributed by atoms with van der Waals surface area (Å²) in [5.74, 6) is -0.104. The molecule has 3 rings (SSSR count). The van der Waals surface area contributed by atoms with Crippen molar-refractivity contribution in [3.8, 4) is 11.5 Å². The quantitative estimate of drug-likeness (QED) is 0.333. The van der Waals surface area contributed by atoms with Gasteiger partial charge in [-0.05, 0) is 30.7 Å². The van der Waals surface area contributed by atoms with E-state index in [1.54, 1.807) is 6.92 Å². The zero-order valence-corrected chi connectivity index (χ0v) is 20.2. The first-order valence-electron chi connectivity index (χ1n) is 10.5. The first-order valence-corrected chi connectivity index (χ1v) is 12.0. The fraction of sp³-hybridized carbons (Fsp3) is 0.208. The molecule has 3 aromatic carbocycles. The van der Waals surface area contributed by atoms with Crippen LogP contribution in [-0.4, -0.2) is 40.0 Å². The minimum absolute atomic E-state index is 0.0222. The predicted octanol–water partition coefficient (Wildman–Crippen LogP) is 3.68. The van der Waals surface area contributed by atoms with Gasteiger partial charge < -0.3 is 14.8 Å². The van der Waals surface area contributed by atoms with Gasteiger partial charge in [-0.1, -0.05) is 42.5 Å². The predicted molar refractivity (Wildman–Crippen MR) is 130 cm³/mol. The van der Waals surface area contributed by atoms with E-state index in [-0.39, 0.29) is 11.4 Å². The highest BCUT2D eigenvalue weighted by atomic mass is 32.2. The van der Waals surface area contributed by atoms with Crippen LogP contribution in [0.3, 0.4) is 0 Å². The van der Waals surface area contributed by atoms with Gasteiger partial charge in [0.15, 0.2) is 4.90 Å². The Morgan fingerprint density at radius 1 is 1.03 bits per heavy atom. The van der Waals surface area contributed by atoms with Crippen LogP contribution < -0.4 is 19.1 Å². The summed E-state index contributed by atoms with van der Waals surface area (Å²) in [6, 6.07) is 18.1. The molecule has 1 atom stereocenters. The van der Waals surface area contributed by atoms with E-state index in [2.05, 4.69) is 5.32 Å². The van der Waals surface area contributed by atoms with E-state index in [1.165, 1.54) is 44.6 Å². The average molecular weight is 500 g/mol. The molecule has 0 radical (unpaired) electrons. The molecule has 0 aliphatic rings. The molecule has 0 saturated carbocycles. The van der Waals surface area contributed by atoms with Crippen molar-refractivity contribution in [1.82, 2.24) is 5.32 Å². The highest BCUT2D eigenvalue weighted by Crippen LogP contribution is 2.37. The molecule has 0 aliphatic carbocycles. The van der Waals surface area contributed by atoms with Gasteiger partial charge in [0, 0.05) is 12.1 Å². The fourth-order valence-corrected chi connectivity index (χ4v) is 5.07. The molecule has 11 heteroatoms. The van der Waals surface area contributed by atoms with Crippen LogP contribution in [0.15, 0.2) is 77.7 Å². The molecule has 0 aromatic heterocycles. The van der Waals surface area contributed by atoms with Crippen LogP contribution in [0.2, 0.25) is 0 Å². The number of benzene rings is 3. The van der Waals surface area contributed by atoms with Crippen molar-refractivity contribution in [3.63, 3.8) is 0 Å². The molecule has 0 saturated heterocycles. The molecular formula is C24H25N3O7S. The lowest BCUT2D eigenvalue weighted by Gasteiger charge is -2.26. The van der Waals surface area contributed by atoms with Gasteiger partial charge in [-0.25, -0.2) is 8.42 Å². The number of hydrogen-bond acceptors (Lipinski definition) is 7. The number of rotatable bonds is 10. The third-order valence-electron chi connectivity index (χ3n) is 5.25. The van der Waals surface area contributed by atoms with Crippen LogP contribution >= 0.6 is 0 Å². The summed E-state index contributed by atoms with van der Waals surface area (Å²) in [5, 5.41) is 14.3. The molecule has 0 fully saturated rings. The maximum absolute atomic E-state index is 13.7. The standard InChI is InChI=1S/C24H25N3O7S/c1-17(18-9-5-4-6-10-18)25-24(28)16-26(20-14-13-19(33-2)15-22(20)34-3)35(31,32)23-12-8-7-11-21(23)27(29)30/h4-15,17H,16H2,1-3H3,(H,25,28)/t17-/m1/s1. The number of methoxy groups -OCH3 is 2. The summed E-state index contributed by atoms with van der Waals surface area (Å²) in [7, 11) is -1.79. The van der Waals surface area contributed by atoms with E-state index < -0.39 is 44.0 Å². The van der Waals surface area contributed by atoms with Crippen molar-refractivity contribution in [2.75, 3.05) is 25.1 Å². The second kappa shape index (κ2) is 10.9. The van der Waals surface area contributed by atoms with Crippen LogP contribution in [0.4, 0.5) is 11.4 Å². The van der Waals surface area contributed by atoms with Crippen molar-refractivity contribution in [2.45, 2.75) is 17.9 Å². The Kier molecular flexibility index (Phi) is 7.92. The lowest BCUT2D eigenvalue weighted by molar-refractivity contribution is -0.387. The van der Waals surface area contributed by atoms with Gasteiger partial charge in [0.05, 0.1) is 30.9 Å². The number of anilines is 1. The van der Waals surface area contributed by atoms with Crippen LogP contribution in [0.25, 0.3) is 0 Å². The normalized spacial score (nSPS) is 11.9. The van der Waals surface area contributed by atoms with E-state index in [1.807, 2.05) is 30.3 Å². The van der Waals surface area contributed by atoms with Crippen molar-refractivity contribution >= 4 is 27.3 Å². The van der Waals surface area contributed by atoms with Gasteiger partial charge in [-0.2, -0.15) is 0 Å². The number of nitrogens with zero attached hydrogens (tertiary/aromatic N) is 2. The summed E-state index contributed by atoms with van der Waals surface area (Å²) in [5.41, 5.74) is 0.244. The zero-order chi connectivity index (χ0) is 25.6. The summed E-state index contributed by atoms with van der Waals surface area (Å²) >= 11 is 0. The SMILES string of the molecule is COc1ccc(N(CC(=O)N[C@H](C)c2ccccc2)S(=O)(=O)c2ccccc2[N+](=O)[O-])c(OC)c1. The molecular weight excluding hydrogens is 474 g/mol. The number of ether oxygens (including phenoxy) is 2. The van der Waals surface area contributed by atoms with E-state index in [0.29, 0.717) is 5.75 Å². The number of carbonyl (C=O) groups excluding carboxylic acids is 1. The number of para-hydroxylation sites is 1. The van der Waals surface area contributed by atoms with Crippen molar-refractivity contribution in [2.24, 2.45) is 0 Å². The maximum atomic E-state index is 13.7. The molecule has 0 spiro atoms. The molecule has 35 heavy (non-hydrogen) atoms. The van der Waals surface area contributed by atoms with E-state index in [0.717, 1.165) is 22.0 Å². The zero-order valence-electron chi connectivity index (χ0n) is 19.4. The molecule has 184 valence electrons. The summed E-state index contributed by atoms with van der Waals surface area (Å²) in [4.78, 5) is 23.2. The Morgan fingerprint density at radius 3 is 2.31 bits per heavy atom. The van der Waals surface area contributed by atoms with E-state index in [4.69, 9.17) is 9.47 Å². The summed E-state index contributed by atoms with van der Waals surface area (Å²) in [6.45, 7) is 1.12. The minimum atomic E-state index is -4.57. The number of hydrogen-bond donors (Lipinski definition) is 1. The molecule has 0 heterocycles. The Morgan fingerprint density at radius 2 is 1.69 bits per heavy atom. The number of sulfonamides is 1. The number of carbonyl (C=O) groups is 1. The van der Waals surface area contributed by atoms with Gasteiger partial charge in [0.1, 0.15) is 18.0 Å². The minimum Gasteiger partial charge on any atom is -0.497 e. The molecule has 0 bridgehead atoms. The molecule has 0 aliphatic heterocycles. The van der Waals surface area contributed by atoms with Crippen molar-refractivity contribution in [1.29, 1.82) is 0 Å². The van der Waals surface area contributed by atoms with Gasteiger partial charge in [-0.3, -0.25) is 19.2 Å². The number of nitrogens with one attached hydrogen (secondary N) is 1. The van der Waals surface area contributed by atoms with Crippen LogP contribution in [0, 0.1) is 10.1 Å². The van der Waals surface area contributed by atoms with Crippen LogP contribution in [0.1, 0.15) is 18.5 Å². The summed E-state index contributed by atoms with van der Waals surface area (Å²) < 4.78 is 38.8. The number of nitro groups is 1. The fourth-order valence-electron chi connectivity index (χ4n) is 3.48. The number of amides is 1. The highest BCUT2D eigenvalue weighted by Gasteiger charge is 2.34. The van der Waals surface area contributed by atoms with E-state index >= 15 is 0 Å². The molecule has 3 aromatic rings. The van der Waals surface area contributed by atoms with E-state index in [9.17, 15) is 23.3 Å². The average Bonchev–Trinajstić information content (AvgIpc) is 2.87. The number of nitro benzene ring substituents is 1. The molecule has 10 nitrogen and oxygen atoms in total. The van der Waals surface area contributed by atoms with Crippen molar-refractivity contribution in [3.05, 3.63) is 88.5 Å². The van der Waals surface area contributed by atoms with Crippen LogP contribution in [0.5, 0.6) is 11.5 Å². The summed E-state index contributed by atoms with van der Waals surface area (Å²) in [6.07, 6.45) is 0. The first kappa shape index (κ1) is 25.5. The van der Waals surface area contributed by atoms with Gasteiger partial charge in [0.25, 0.3) is 15.7 Å². The second-order valence-electron chi connectivity index (χ2n) is 7.47. The second-order valence-corrected chi connectivity index (χ2v) is 9.30. The largest absolute Gasteiger partial charge is 0.497 e. The maximum Gasteiger partial charge on any atom is 0.289 e. The van der Waals surface area contributed by atoms with Gasteiger partial charge in [0.2, 0.25) is 5.91 Å². The molecule has 1 N–H and O–H groups in total. The molecule has 0 unspecified atom stereocenters. The van der Waals surface area contributed by atoms with Gasteiger partial charge in [-0.15, -0.1) is 0 Å². The molecule has 1 amide bonds. The van der Waals surface area contributed by atoms with Crippen molar-refractivity contribution < 1.29 is 27.6 Å². The first-order chi connectivity index (χ1) is 16.7. The Balaban J connectivity index is 2.06. The highest BCUT2D eigenvalue weighted by molar-refractivity contribution is 7.93. The third-order valence-corrected chi connectivity index (χ3v) is 7.06. The van der Waals surface area contributed by atoms with Crippen LogP contribution in [-0.2, 0) is 14.8 Å².